The summed E-state index contributed by atoms with van der Waals surface area (Å²) < 4.78 is 11.2. The third-order valence-electron chi connectivity index (χ3n) is 4.82. The summed E-state index contributed by atoms with van der Waals surface area (Å²) in [6, 6.07) is 13.4. The van der Waals surface area contributed by atoms with E-state index in [0.717, 1.165) is 41.5 Å². The van der Waals surface area contributed by atoms with Crippen LogP contribution in [-0.2, 0) is 0 Å². The fourth-order valence-electron chi connectivity index (χ4n) is 3.25. The van der Waals surface area contributed by atoms with Gasteiger partial charge in [0.2, 0.25) is 0 Å². The minimum absolute atomic E-state index is 0.167. The van der Waals surface area contributed by atoms with Gasteiger partial charge in [-0.3, -0.25) is 10.1 Å². The molecule has 1 aliphatic rings. The molecule has 6 nitrogen and oxygen atoms in total. The molecule has 4 rings (SSSR count). The molecule has 0 aliphatic carbocycles. The summed E-state index contributed by atoms with van der Waals surface area (Å²) in [4.78, 5) is 19.4. The average Bonchev–Trinajstić information content (AvgIpc) is 3.23. The number of anilines is 2. The maximum atomic E-state index is 12.6. The third-order valence-corrected chi connectivity index (χ3v) is 5.58. The predicted molar refractivity (Wildman–Crippen MR) is 116 cm³/mol. The zero-order valence-electron chi connectivity index (χ0n) is 16.5. The number of rotatable bonds is 6. The lowest BCUT2D eigenvalue weighted by Crippen LogP contribution is -2.21. The molecule has 1 aromatic heterocycles. The van der Waals surface area contributed by atoms with Gasteiger partial charge in [0.1, 0.15) is 13.2 Å². The average molecular weight is 410 g/mol. The van der Waals surface area contributed by atoms with Gasteiger partial charge >= 0.3 is 0 Å². The number of hydrogen-bond donors (Lipinski definition) is 1. The van der Waals surface area contributed by atoms with E-state index in [4.69, 9.17) is 9.47 Å². The lowest BCUT2D eigenvalue weighted by atomic mass is 10.1. The monoisotopic (exact) mass is 409 g/mol. The summed E-state index contributed by atoms with van der Waals surface area (Å²) in [7, 11) is 0. The number of thiazole rings is 1. The van der Waals surface area contributed by atoms with Crippen molar-refractivity contribution >= 4 is 28.1 Å². The SMILES string of the molecule is CCN(CC)c1ccc(C(=O)Nc2nc(-c3ccc4c(c3)OCCO4)cs2)cc1. The molecule has 0 saturated carbocycles. The van der Waals surface area contributed by atoms with Gasteiger partial charge in [0, 0.05) is 35.3 Å². The fraction of sp³-hybridized carbons (Fsp3) is 0.273. The largest absolute Gasteiger partial charge is 0.486 e. The maximum absolute atomic E-state index is 12.6. The Morgan fingerprint density at radius 3 is 2.52 bits per heavy atom. The second-order valence-corrected chi connectivity index (χ2v) is 7.43. The number of amides is 1. The summed E-state index contributed by atoms with van der Waals surface area (Å²) in [5.74, 6) is 1.30. The fourth-order valence-corrected chi connectivity index (χ4v) is 3.96. The summed E-state index contributed by atoms with van der Waals surface area (Å²) in [6.45, 7) is 7.21. The Balaban J connectivity index is 1.45. The van der Waals surface area contributed by atoms with Crippen molar-refractivity contribution in [1.29, 1.82) is 0 Å². The van der Waals surface area contributed by atoms with E-state index in [1.54, 1.807) is 0 Å². The van der Waals surface area contributed by atoms with Crippen LogP contribution < -0.4 is 19.7 Å². The summed E-state index contributed by atoms with van der Waals surface area (Å²) >= 11 is 1.40. The number of nitrogens with one attached hydrogen (secondary N) is 1. The lowest BCUT2D eigenvalue weighted by Gasteiger charge is -2.20. The molecule has 2 heterocycles. The summed E-state index contributed by atoms with van der Waals surface area (Å²) in [6.07, 6.45) is 0. The third kappa shape index (κ3) is 4.19. The quantitative estimate of drug-likeness (QED) is 0.640. The van der Waals surface area contributed by atoms with Gasteiger partial charge in [-0.15, -0.1) is 11.3 Å². The Hall–Kier alpha value is -3.06. The molecular formula is C22H23N3O3S. The van der Waals surface area contributed by atoms with E-state index in [1.807, 2.05) is 47.8 Å². The molecule has 1 N–H and O–H groups in total. The van der Waals surface area contributed by atoms with Crippen molar-refractivity contribution in [2.45, 2.75) is 13.8 Å². The van der Waals surface area contributed by atoms with Gasteiger partial charge in [-0.25, -0.2) is 4.98 Å². The van der Waals surface area contributed by atoms with Crippen molar-refractivity contribution in [3.05, 3.63) is 53.4 Å². The molecule has 0 fully saturated rings. The van der Waals surface area contributed by atoms with E-state index in [2.05, 4.69) is 29.0 Å². The topological polar surface area (TPSA) is 63.7 Å². The molecule has 29 heavy (non-hydrogen) atoms. The molecule has 0 unspecified atom stereocenters. The molecule has 7 heteroatoms. The molecule has 3 aromatic rings. The van der Waals surface area contributed by atoms with Crippen LogP contribution in [-0.4, -0.2) is 37.2 Å². The number of fused-ring (bicyclic) bond motifs is 1. The normalized spacial score (nSPS) is 12.5. The van der Waals surface area contributed by atoms with Gasteiger partial charge in [-0.1, -0.05) is 0 Å². The highest BCUT2D eigenvalue weighted by molar-refractivity contribution is 7.14. The minimum Gasteiger partial charge on any atom is -0.486 e. The number of carbonyl (C=O) groups is 1. The van der Waals surface area contributed by atoms with E-state index in [9.17, 15) is 4.79 Å². The van der Waals surface area contributed by atoms with Crippen molar-refractivity contribution in [2.75, 3.05) is 36.5 Å². The zero-order chi connectivity index (χ0) is 20.2. The van der Waals surface area contributed by atoms with Gasteiger partial charge in [-0.05, 0) is 56.3 Å². The van der Waals surface area contributed by atoms with Crippen LogP contribution in [0.3, 0.4) is 0 Å². The van der Waals surface area contributed by atoms with Crippen LogP contribution in [0.5, 0.6) is 11.5 Å². The second-order valence-electron chi connectivity index (χ2n) is 6.57. The van der Waals surface area contributed by atoms with Crippen LogP contribution in [0.1, 0.15) is 24.2 Å². The van der Waals surface area contributed by atoms with Crippen molar-refractivity contribution in [3.63, 3.8) is 0 Å². The molecule has 1 amide bonds. The van der Waals surface area contributed by atoms with E-state index < -0.39 is 0 Å². The molecule has 150 valence electrons. The van der Waals surface area contributed by atoms with Crippen LogP contribution in [0.4, 0.5) is 10.8 Å². The van der Waals surface area contributed by atoms with Crippen molar-refractivity contribution in [2.24, 2.45) is 0 Å². The first-order chi connectivity index (χ1) is 14.2. The highest BCUT2D eigenvalue weighted by Gasteiger charge is 2.15. The minimum atomic E-state index is -0.167. The number of ether oxygens (including phenoxy) is 2. The smallest absolute Gasteiger partial charge is 0.257 e. The van der Waals surface area contributed by atoms with Crippen LogP contribution in [0.15, 0.2) is 47.8 Å². The van der Waals surface area contributed by atoms with E-state index >= 15 is 0 Å². The first kappa shape index (κ1) is 19.3. The number of carbonyl (C=O) groups excluding carboxylic acids is 1. The number of nitrogens with zero attached hydrogens (tertiary/aromatic N) is 2. The number of benzene rings is 2. The van der Waals surface area contributed by atoms with Gasteiger partial charge in [0.15, 0.2) is 16.6 Å². The van der Waals surface area contributed by atoms with Gasteiger partial charge in [0.25, 0.3) is 5.91 Å². The Morgan fingerprint density at radius 1 is 1.07 bits per heavy atom. The van der Waals surface area contributed by atoms with E-state index in [1.165, 1.54) is 11.3 Å². The van der Waals surface area contributed by atoms with Gasteiger partial charge in [-0.2, -0.15) is 0 Å². The second kappa shape index (κ2) is 8.53. The summed E-state index contributed by atoms with van der Waals surface area (Å²) in [5.41, 5.74) is 3.44. The first-order valence-electron chi connectivity index (χ1n) is 9.70. The highest BCUT2D eigenvalue weighted by Crippen LogP contribution is 2.35. The van der Waals surface area contributed by atoms with Gasteiger partial charge < -0.3 is 14.4 Å². The molecule has 0 saturated heterocycles. The van der Waals surface area contributed by atoms with Crippen LogP contribution in [0.2, 0.25) is 0 Å². The van der Waals surface area contributed by atoms with Crippen LogP contribution in [0, 0.1) is 0 Å². The van der Waals surface area contributed by atoms with E-state index in [-0.39, 0.29) is 5.91 Å². The Kier molecular flexibility index (Phi) is 5.67. The summed E-state index contributed by atoms with van der Waals surface area (Å²) in [5, 5.41) is 5.37. The van der Waals surface area contributed by atoms with E-state index in [0.29, 0.717) is 23.9 Å². The Bertz CT molecular complexity index is 997. The zero-order valence-corrected chi connectivity index (χ0v) is 17.3. The molecule has 0 bridgehead atoms. The predicted octanol–water partition coefficient (Wildman–Crippen LogP) is 4.68. The highest BCUT2D eigenvalue weighted by atomic mass is 32.1. The van der Waals surface area contributed by atoms with Crippen molar-refractivity contribution in [3.8, 4) is 22.8 Å². The standard InChI is InChI=1S/C22H23N3O3S/c1-3-25(4-2)17-8-5-15(6-9-17)21(26)24-22-23-18(14-29-22)16-7-10-19-20(13-16)28-12-11-27-19/h5-10,13-14H,3-4,11-12H2,1-2H3,(H,23,24,26). The Morgan fingerprint density at radius 2 is 1.79 bits per heavy atom. The van der Waals surface area contributed by atoms with Gasteiger partial charge in [0.05, 0.1) is 5.69 Å². The molecule has 1 aliphatic heterocycles. The lowest BCUT2D eigenvalue weighted by molar-refractivity contribution is 0.102. The number of hydrogen-bond acceptors (Lipinski definition) is 6. The first-order valence-corrected chi connectivity index (χ1v) is 10.6. The van der Waals surface area contributed by atoms with Crippen molar-refractivity contribution in [1.82, 2.24) is 4.98 Å². The Labute approximate surface area is 174 Å². The van der Waals surface area contributed by atoms with Crippen molar-refractivity contribution < 1.29 is 14.3 Å². The molecule has 0 spiro atoms. The molecule has 0 atom stereocenters. The molecule has 2 aromatic carbocycles. The van der Waals surface area contributed by atoms with Crippen LogP contribution in [0.25, 0.3) is 11.3 Å². The molecule has 0 radical (unpaired) electrons. The maximum Gasteiger partial charge on any atom is 0.257 e. The number of aromatic nitrogens is 1. The molecular weight excluding hydrogens is 386 g/mol. The van der Waals surface area contributed by atoms with Crippen LogP contribution >= 0.6 is 11.3 Å².